The van der Waals surface area contributed by atoms with Crippen LogP contribution >= 0.6 is 0 Å². The van der Waals surface area contributed by atoms with Crippen molar-refractivity contribution in [1.82, 2.24) is 5.32 Å². The van der Waals surface area contributed by atoms with Crippen molar-refractivity contribution in [3.05, 3.63) is 59.5 Å². The third-order valence-corrected chi connectivity index (χ3v) is 2.72. The standard InChI is InChI=1S/C15H14N2O2/c16-10-12-3-1-4-13(9-12)11-17-15(18)7-6-14-5-2-8-19-14/h1-5,8-9H,6-7,11H2,(H,17,18). The second-order valence-electron chi connectivity index (χ2n) is 4.17. The van der Waals surface area contributed by atoms with E-state index < -0.39 is 0 Å². The molecule has 96 valence electrons. The Morgan fingerprint density at radius 1 is 1.32 bits per heavy atom. The van der Waals surface area contributed by atoms with Gasteiger partial charge in [-0.1, -0.05) is 12.1 Å². The number of hydrogen-bond acceptors (Lipinski definition) is 3. The molecule has 1 amide bonds. The molecular weight excluding hydrogens is 240 g/mol. The zero-order chi connectivity index (χ0) is 13.5. The quantitative estimate of drug-likeness (QED) is 0.891. The number of rotatable bonds is 5. The minimum atomic E-state index is -0.0289. The predicted octanol–water partition coefficient (Wildman–Crippen LogP) is 2.40. The zero-order valence-corrected chi connectivity index (χ0v) is 10.4. The summed E-state index contributed by atoms with van der Waals surface area (Å²) in [5.74, 6) is 0.778. The number of hydrogen-bond donors (Lipinski definition) is 1. The molecule has 0 radical (unpaired) electrons. The topological polar surface area (TPSA) is 66.0 Å². The second-order valence-corrected chi connectivity index (χ2v) is 4.17. The normalized spacial score (nSPS) is 9.84. The van der Waals surface area contributed by atoms with Crippen molar-refractivity contribution in [1.29, 1.82) is 5.26 Å². The first kappa shape index (κ1) is 12.9. The Bertz CT molecular complexity index is 582. The van der Waals surface area contributed by atoms with Gasteiger partial charge in [0.15, 0.2) is 0 Å². The average Bonchev–Trinajstić information content (AvgIpc) is 2.96. The van der Waals surface area contributed by atoms with Gasteiger partial charge in [-0.05, 0) is 29.8 Å². The van der Waals surface area contributed by atoms with Crippen LogP contribution in [0.5, 0.6) is 0 Å². The fraction of sp³-hybridized carbons (Fsp3) is 0.200. The molecule has 0 spiro atoms. The van der Waals surface area contributed by atoms with Crippen LogP contribution in [0.15, 0.2) is 47.1 Å². The maximum atomic E-state index is 11.6. The van der Waals surface area contributed by atoms with Crippen LogP contribution in [0.1, 0.15) is 23.3 Å². The van der Waals surface area contributed by atoms with E-state index in [2.05, 4.69) is 11.4 Å². The van der Waals surface area contributed by atoms with Gasteiger partial charge in [-0.3, -0.25) is 4.79 Å². The van der Waals surface area contributed by atoms with E-state index in [1.165, 1.54) is 0 Å². The Balaban J connectivity index is 1.78. The van der Waals surface area contributed by atoms with Crippen LogP contribution < -0.4 is 5.32 Å². The molecule has 0 bridgehead atoms. The summed E-state index contributed by atoms with van der Waals surface area (Å²) in [6, 6.07) is 12.9. The lowest BCUT2D eigenvalue weighted by molar-refractivity contribution is -0.121. The van der Waals surface area contributed by atoms with Crippen LogP contribution in [0.25, 0.3) is 0 Å². The van der Waals surface area contributed by atoms with E-state index in [-0.39, 0.29) is 5.91 Å². The number of aryl methyl sites for hydroxylation is 1. The average molecular weight is 254 g/mol. The summed E-state index contributed by atoms with van der Waals surface area (Å²) < 4.78 is 5.16. The van der Waals surface area contributed by atoms with Crippen LogP contribution in [0.4, 0.5) is 0 Å². The van der Waals surface area contributed by atoms with Gasteiger partial charge in [0.1, 0.15) is 5.76 Å². The Hall–Kier alpha value is -2.54. The molecule has 1 aromatic heterocycles. The number of carbonyl (C=O) groups excluding carboxylic acids is 1. The molecule has 0 atom stereocenters. The molecule has 0 saturated heterocycles. The fourth-order valence-corrected chi connectivity index (χ4v) is 1.73. The fourth-order valence-electron chi connectivity index (χ4n) is 1.73. The van der Waals surface area contributed by atoms with E-state index in [0.717, 1.165) is 11.3 Å². The molecule has 0 fully saturated rings. The van der Waals surface area contributed by atoms with E-state index in [4.69, 9.17) is 9.68 Å². The van der Waals surface area contributed by atoms with E-state index in [1.807, 2.05) is 18.2 Å². The third kappa shape index (κ3) is 4.00. The lowest BCUT2D eigenvalue weighted by atomic mass is 10.1. The van der Waals surface area contributed by atoms with Crippen LogP contribution in [0, 0.1) is 11.3 Å². The Morgan fingerprint density at radius 2 is 2.21 bits per heavy atom. The summed E-state index contributed by atoms with van der Waals surface area (Å²) in [6.07, 6.45) is 2.59. The maximum absolute atomic E-state index is 11.6. The SMILES string of the molecule is N#Cc1cccc(CNC(=O)CCc2ccco2)c1. The molecule has 2 rings (SSSR count). The first-order valence-corrected chi connectivity index (χ1v) is 6.06. The number of furan rings is 1. The highest BCUT2D eigenvalue weighted by Gasteiger charge is 2.04. The largest absolute Gasteiger partial charge is 0.469 e. The van der Waals surface area contributed by atoms with Crippen molar-refractivity contribution in [2.75, 3.05) is 0 Å². The van der Waals surface area contributed by atoms with Crippen molar-refractivity contribution in [3.63, 3.8) is 0 Å². The van der Waals surface area contributed by atoms with Crippen LogP contribution in [0.3, 0.4) is 0 Å². The summed E-state index contributed by atoms with van der Waals surface area (Å²) in [5.41, 5.74) is 1.52. The summed E-state index contributed by atoms with van der Waals surface area (Å²) in [7, 11) is 0. The third-order valence-electron chi connectivity index (χ3n) is 2.72. The van der Waals surface area contributed by atoms with Crippen LogP contribution in [0.2, 0.25) is 0 Å². The molecule has 4 nitrogen and oxygen atoms in total. The van der Waals surface area contributed by atoms with Crippen molar-refractivity contribution in [2.24, 2.45) is 0 Å². The Kier molecular flexibility index (Phi) is 4.35. The summed E-state index contributed by atoms with van der Waals surface area (Å²) in [5, 5.41) is 11.6. The van der Waals surface area contributed by atoms with Gasteiger partial charge in [-0.25, -0.2) is 0 Å². The molecule has 0 aliphatic heterocycles. The second kappa shape index (κ2) is 6.41. The molecule has 2 aromatic rings. The summed E-state index contributed by atoms with van der Waals surface area (Å²) in [4.78, 5) is 11.6. The van der Waals surface area contributed by atoms with Gasteiger partial charge in [-0.15, -0.1) is 0 Å². The van der Waals surface area contributed by atoms with Gasteiger partial charge in [0.25, 0.3) is 0 Å². The minimum Gasteiger partial charge on any atom is -0.469 e. The molecule has 19 heavy (non-hydrogen) atoms. The van der Waals surface area contributed by atoms with Gasteiger partial charge in [-0.2, -0.15) is 5.26 Å². The minimum absolute atomic E-state index is 0.0289. The van der Waals surface area contributed by atoms with Gasteiger partial charge in [0.05, 0.1) is 17.9 Å². The van der Waals surface area contributed by atoms with Crippen molar-refractivity contribution < 1.29 is 9.21 Å². The molecule has 1 aromatic carbocycles. The number of nitrogens with one attached hydrogen (secondary N) is 1. The van der Waals surface area contributed by atoms with E-state index in [1.54, 1.807) is 24.5 Å². The smallest absolute Gasteiger partial charge is 0.220 e. The number of nitrogens with zero attached hydrogens (tertiary/aromatic N) is 1. The van der Waals surface area contributed by atoms with Crippen molar-refractivity contribution in [2.45, 2.75) is 19.4 Å². The summed E-state index contributed by atoms with van der Waals surface area (Å²) in [6.45, 7) is 0.437. The number of amides is 1. The number of nitriles is 1. The monoisotopic (exact) mass is 254 g/mol. The first-order chi connectivity index (χ1) is 9.28. The number of carbonyl (C=O) groups is 1. The Labute approximate surface area is 111 Å². The van der Waals surface area contributed by atoms with Crippen LogP contribution in [-0.4, -0.2) is 5.91 Å². The van der Waals surface area contributed by atoms with Crippen LogP contribution in [-0.2, 0) is 17.8 Å². The van der Waals surface area contributed by atoms with Gasteiger partial charge >= 0.3 is 0 Å². The Morgan fingerprint density at radius 3 is 2.95 bits per heavy atom. The van der Waals surface area contributed by atoms with Gasteiger partial charge < -0.3 is 9.73 Å². The van der Waals surface area contributed by atoms with Gasteiger partial charge in [0, 0.05) is 19.4 Å². The zero-order valence-electron chi connectivity index (χ0n) is 10.4. The highest BCUT2D eigenvalue weighted by atomic mass is 16.3. The predicted molar refractivity (Wildman–Crippen MR) is 70.0 cm³/mol. The summed E-state index contributed by atoms with van der Waals surface area (Å²) >= 11 is 0. The highest BCUT2D eigenvalue weighted by Crippen LogP contribution is 2.05. The molecule has 0 saturated carbocycles. The first-order valence-electron chi connectivity index (χ1n) is 6.06. The number of benzene rings is 1. The lowest BCUT2D eigenvalue weighted by Gasteiger charge is -2.05. The molecule has 1 heterocycles. The van der Waals surface area contributed by atoms with Gasteiger partial charge in [0.2, 0.25) is 5.91 Å². The molecule has 0 aliphatic rings. The van der Waals surface area contributed by atoms with E-state index >= 15 is 0 Å². The lowest BCUT2D eigenvalue weighted by Crippen LogP contribution is -2.22. The van der Waals surface area contributed by atoms with E-state index in [0.29, 0.717) is 24.9 Å². The molecule has 0 unspecified atom stereocenters. The molecule has 0 aliphatic carbocycles. The highest BCUT2D eigenvalue weighted by molar-refractivity contribution is 5.76. The molecule has 1 N–H and O–H groups in total. The molecule has 4 heteroatoms. The maximum Gasteiger partial charge on any atom is 0.220 e. The van der Waals surface area contributed by atoms with Crippen molar-refractivity contribution in [3.8, 4) is 6.07 Å². The van der Waals surface area contributed by atoms with Crippen molar-refractivity contribution >= 4 is 5.91 Å². The molecular formula is C15H14N2O2. The van der Waals surface area contributed by atoms with E-state index in [9.17, 15) is 4.79 Å².